The molecular weight excluding hydrogens is 206 g/mol. The Labute approximate surface area is 108 Å². The normalized spacial score (nSPS) is 35.5. The third kappa shape index (κ3) is 3.24. The largest absolute Gasteiger partial charge is 0.316 e. The lowest BCUT2D eigenvalue weighted by molar-refractivity contribution is 0.183. The van der Waals surface area contributed by atoms with Gasteiger partial charge >= 0.3 is 0 Å². The lowest BCUT2D eigenvalue weighted by Gasteiger charge is -2.32. The highest BCUT2D eigenvalue weighted by molar-refractivity contribution is 4.93. The van der Waals surface area contributed by atoms with Gasteiger partial charge in [0, 0.05) is 0 Å². The standard InChI is InChI=1S/C16H31N/c1-11(2)9-17-10-12(3)13(4)16-8-14-5-6-15(16)7-14/h11-17H,5-10H2,1-4H3. The average Bonchev–Trinajstić information content (AvgIpc) is 2.88. The van der Waals surface area contributed by atoms with Crippen LogP contribution in [0.4, 0.5) is 0 Å². The van der Waals surface area contributed by atoms with Gasteiger partial charge in [0.05, 0.1) is 0 Å². The van der Waals surface area contributed by atoms with E-state index in [0.717, 1.165) is 35.5 Å². The first-order valence-corrected chi connectivity index (χ1v) is 7.78. The Kier molecular flexibility index (Phi) is 4.52. The van der Waals surface area contributed by atoms with Crippen LogP contribution in [0.5, 0.6) is 0 Å². The van der Waals surface area contributed by atoms with Gasteiger partial charge in [-0.05, 0) is 67.9 Å². The van der Waals surface area contributed by atoms with Crippen molar-refractivity contribution in [2.24, 2.45) is 35.5 Å². The molecule has 5 unspecified atom stereocenters. The predicted molar refractivity (Wildman–Crippen MR) is 75.0 cm³/mol. The third-order valence-corrected chi connectivity index (χ3v) is 5.38. The van der Waals surface area contributed by atoms with E-state index in [1.165, 1.54) is 25.9 Å². The van der Waals surface area contributed by atoms with Crippen LogP contribution in [-0.4, -0.2) is 13.1 Å². The molecule has 2 aliphatic rings. The van der Waals surface area contributed by atoms with Crippen LogP contribution in [-0.2, 0) is 0 Å². The maximum Gasteiger partial charge on any atom is -0.00204 e. The molecule has 17 heavy (non-hydrogen) atoms. The molecule has 0 spiro atoms. The highest BCUT2D eigenvalue weighted by Crippen LogP contribution is 2.52. The molecule has 2 rings (SSSR count). The van der Waals surface area contributed by atoms with Crippen LogP contribution in [0.25, 0.3) is 0 Å². The lowest BCUT2D eigenvalue weighted by atomic mass is 9.75. The van der Waals surface area contributed by atoms with Gasteiger partial charge in [-0.3, -0.25) is 0 Å². The number of hydrogen-bond donors (Lipinski definition) is 1. The number of hydrogen-bond acceptors (Lipinski definition) is 1. The summed E-state index contributed by atoms with van der Waals surface area (Å²) in [4.78, 5) is 0. The number of fused-ring (bicyclic) bond motifs is 2. The molecule has 1 N–H and O–H groups in total. The molecule has 5 atom stereocenters. The molecule has 2 bridgehead atoms. The van der Waals surface area contributed by atoms with E-state index in [-0.39, 0.29) is 0 Å². The molecule has 0 amide bonds. The fourth-order valence-corrected chi connectivity index (χ4v) is 4.15. The van der Waals surface area contributed by atoms with Gasteiger partial charge in [-0.25, -0.2) is 0 Å². The lowest BCUT2D eigenvalue weighted by Crippen LogP contribution is -2.32. The first kappa shape index (κ1) is 13.4. The van der Waals surface area contributed by atoms with Crippen LogP contribution >= 0.6 is 0 Å². The first-order chi connectivity index (χ1) is 8.08. The Hall–Kier alpha value is -0.0400. The maximum absolute atomic E-state index is 3.63. The van der Waals surface area contributed by atoms with Crippen molar-refractivity contribution in [2.45, 2.75) is 53.4 Å². The fraction of sp³-hybridized carbons (Fsp3) is 1.00. The van der Waals surface area contributed by atoms with E-state index in [0.29, 0.717) is 0 Å². The summed E-state index contributed by atoms with van der Waals surface area (Å²) >= 11 is 0. The van der Waals surface area contributed by atoms with E-state index >= 15 is 0 Å². The zero-order chi connectivity index (χ0) is 12.4. The summed E-state index contributed by atoms with van der Waals surface area (Å²) in [6, 6.07) is 0. The van der Waals surface area contributed by atoms with Crippen molar-refractivity contribution >= 4 is 0 Å². The topological polar surface area (TPSA) is 12.0 Å². The van der Waals surface area contributed by atoms with Gasteiger partial charge < -0.3 is 5.32 Å². The van der Waals surface area contributed by atoms with Crippen molar-refractivity contribution in [2.75, 3.05) is 13.1 Å². The zero-order valence-electron chi connectivity index (χ0n) is 12.2. The molecule has 2 fully saturated rings. The van der Waals surface area contributed by atoms with Crippen molar-refractivity contribution in [3.05, 3.63) is 0 Å². The number of nitrogens with one attached hydrogen (secondary N) is 1. The summed E-state index contributed by atoms with van der Waals surface area (Å²) in [6.07, 6.45) is 6.17. The first-order valence-electron chi connectivity index (χ1n) is 7.78. The molecule has 2 aliphatic carbocycles. The fourth-order valence-electron chi connectivity index (χ4n) is 4.15. The Morgan fingerprint density at radius 2 is 1.76 bits per heavy atom. The van der Waals surface area contributed by atoms with Gasteiger partial charge in [-0.15, -0.1) is 0 Å². The van der Waals surface area contributed by atoms with Crippen LogP contribution in [0.15, 0.2) is 0 Å². The van der Waals surface area contributed by atoms with Crippen molar-refractivity contribution in [3.63, 3.8) is 0 Å². The van der Waals surface area contributed by atoms with E-state index in [2.05, 4.69) is 33.0 Å². The number of rotatable bonds is 6. The summed E-state index contributed by atoms with van der Waals surface area (Å²) < 4.78 is 0. The van der Waals surface area contributed by atoms with Crippen molar-refractivity contribution in [1.82, 2.24) is 5.32 Å². The molecule has 0 aromatic carbocycles. The van der Waals surface area contributed by atoms with Gasteiger partial charge in [0.25, 0.3) is 0 Å². The molecular formula is C16H31N. The Balaban J connectivity index is 1.73. The molecule has 0 aliphatic heterocycles. The zero-order valence-corrected chi connectivity index (χ0v) is 12.2. The summed E-state index contributed by atoms with van der Waals surface area (Å²) in [7, 11) is 0. The quantitative estimate of drug-likeness (QED) is 0.738. The second-order valence-electron chi connectivity index (χ2n) is 7.23. The van der Waals surface area contributed by atoms with Gasteiger partial charge in [0.15, 0.2) is 0 Å². The van der Waals surface area contributed by atoms with Crippen LogP contribution < -0.4 is 5.32 Å². The maximum atomic E-state index is 3.63. The Bertz CT molecular complexity index is 236. The van der Waals surface area contributed by atoms with Crippen molar-refractivity contribution in [1.29, 1.82) is 0 Å². The molecule has 100 valence electrons. The minimum Gasteiger partial charge on any atom is -0.316 e. The van der Waals surface area contributed by atoms with Gasteiger partial charge in [0.2, 0.25) is 0 Å². The monoisotopic (exact) mass is 237 g/mol. The van der Waals surface area contributed by atoms with Crippen LogP contribution in [0.1, 0.15) is 53.4 Å². The van der Waals surface area contributed by atoms with Gasteiger partial charge in [-0.1, -0.05) is 34.1 Å². The van der Waals surface area contributed by atoms with Gasteiger partial charge in [0.1, 0.15) is 0 Å². The minimum atomic E-state index is 0.778. The minimum absolute atomic E-state index is 0.778. The summed E-state index contributed by atoms with van der Waals surface area (Å²) in [5.41, 5.74) is 0. The van der Waals surface area contributed by atoms with Crippen LogP contribution in [0.3, 0.4) is 0 Å². The highest BCUT2D eigenvalue weighted by Gasteiger charge is 2.42. The molecule has 0 saturated heterocycles. The van der Waals surface area contributed by atoms with Gasteiger partial charge in [-0.2, -0.15) is 0 Å². The summed E-state index contributed by atoms with van der Waals surface area (Å²) in [6.45, 7) is 11.9. The molecule has 0 aromatic rings. The van der Waals surface area contributed by atoms with Crippen molar-refractivity contribution in [3.8, 4) is 0 Å². The van der Waals surface area contributed by atoms with Crippen LogP contribution in [0, 0.1) is 35.5 Å². The smallest absolute Gasteiger partial charge is 0.00204 e. The molecule has 0 aromatic heterocycles. The van der Waals surface area contributed by atoms with E-state index in [9.17, 15) is 0 Å². The molecule has 1 heteroatoms. The summed E-state index contributed by atoms with van der Waals surface area (Å²) in [5.74, 6) is 5.78. The van der Waals surface area contributed by atoms with E-state index in [4.69, 9.17) is 0 Å². The average molecular weight is 237 g/mol. The third-order valence-electron chi connectivity index (χ3n) is 5.38. The molecule has 2 saturated carbocycles. The second-order valence-corrected chi connectivity index (χ2v) is 7.23. The highest BCUT2D eigenvalue weighted by atomic mass is 14.9. The predicted octanol–water partition coefficient (Wildman–Crippen LogP) is 3.94. The summed E-state index contributed by atoms with van der Waals surface area (Å²) in [5, 5.41) is 3.63. The van der Waals surface area contributed by atoms with E-state index < -0.39 is 0 Å². The second kappa shape index (κ2) is 5.73. The Morgan fingerprint density at radius 1 is 1.00 bits per heavy atom. The van der Waals surface area contributed by atoms with Crippen LogP contribution in [0.2, 0.25) is 0 Å². The SMILES string of the molecule is CC(C)CNCC(C)C(C)C1CC2CCC1C2. The van der Waals surface area contributed by atoms with Crippen molar-refractivity contribution < 1.29 is 0 Å². The van der Waals surface area contributed by atoms with E-state index in [1.54, 1.807) is 12.8 Å². The molecule has 0 radical (unpaired) electrons. The van der Waals surface area contributed by atoms with E-state index in [1.807, 2.05) is 0 Å². The molecule has 1 nitrogen and oxygen atoms in total. The molecule has 0 heterocycles. The Morgan fingerprint density at radius 3 is 2.29 bits per heavy atom.